The molecule has 0 saturated heterocycles. The van der Waals surface area contributed by atoms with E-state index in [1.54, 1.807) is 36.4 Å². The Balaban J connectivity index is 2.14. The van der Waals surface area contributed by atoms with Gasteiger partial charge in [0.05, 0.1) is 28.5 Å². The van der Waals surface area contributed by atoms with Crippen molar-refractivity contribution in [2.45, 2.75) is 0 Å². The number of anilines is 3. The quantitative estimate of drug-likeness (QED) is 0.476. The van der Waals surface area contributed by atoms with Gasteiger partial charge in [0.25, 0.3) is 0 Å². The number of halogens is 1. The molecule has 0 unspecified atom stereocenters. The van der Waals surface area contributed by atoms with Gasteiger partial charge in [-0.1, -0.05) is 12.1 Å². The molecule has 3 N–H and O–H groups in total. The van der Waals surface area contributed by atoms with Gasteiger partial charge in [-0.05, 0) is 52.9 Å². The highest BCUT2D eigenvalue weighted by Crippen LogP contribution is 2.28. The van der Waals surface area contributed by atoms with Crippen LogP contribution >= 0.6 is 22.6 Å². The average molecular weight is 484 g/mol. The smallest absolute Gasteiger partial charge is 0.337 e. The van der Waals surface area contributed by atoms with Crippen molar-refractivity contribution in [3.05, 3.63) is 51.6 Å². The van der Waals surface area contributed by atoms with Crippen molar-refractivity contribution in [3.8, 4) is 0 Å². The molecule has 0 saturated carbocycles. The Morgan fingerprint density at radius 2 is 1.69 bits per heavy atom. The van der Waals surface area contributed by atoms with Crippen LogP contribution in [0.1, 0.15) is 10.4 Å². The molecule has 10 heteroatoms. The monoisotopic (exact) mass is 484 g/mol. The van der Waals surface area contributed by atoms with Crippen LogP contribution in [-0.4, -0.2) is 35.7 Å². The number of carboxylic acid groups (broad SMARTS) is 1. The number of hydrogen-bond donors (Lipinski definition) is 3. The first-order valence-electron chi connectivity index (χ1n) is 7.27. The number of sulfonamides is 1. The highest BCUT2D eigenvalue weighted by molar-refractivity contribution is 14.1. The number of rotatable bonds is 5. The molecule has 0 spiro atoms. The minimum atomic E-state index is -3.60. The first-order chi connectivity index (χ1) is 12.2. The summed E-state index contributed by atoms with van der Waals surface area (Å²) in [5.41, 5.74) is 1.36. The van der Waals surface area contributed by atoms with Crippen LogP contribution in [0, 0.1) is 3.57 Å². The lowest BCUT2D eigenvalue weighted by Gasteiger charge is -2.14. The van der Waals surface area contributed by atoms with Crippen LogP contribution in [-0.2, 0) is 10.0 Å². The van der Waals surface area contributed by atoms with E-state index in [1.807, 2.05) is 22.6 Å². The minimum absolute atomic E-state index is 0.0129. The van der Waals surface area contributed by atoms with E-state index in [1.165, 1.54) is 6.07 Å². The topological polar surface area (TPSA) is 121 Å². The number of nitrogens with zero attached hydrogens (tertiary/aromatic N) is 2. The summed E-state index contributed by atoms with van der Waals surface area (Å²) < 4.78 is 26.4. The Hall–Kier alpha value is -2.47. The molecule has 8 nitrogen and oxygen atoms in total. The van der Waals surface area contributed by atoms with E-state index >= 15 is 0 Å². The number of para-hydroxylation sites is 2. The number of fused-ring (bicyclic) bond motifs is 1. The van der Waals surface area contributed by atoms with Gasteiger partial charge in [-0.25, -0.2) is 23.2 Å². The van der Waals surface area contributed by atoms with Gasteiger partial charge >= 0.3 is 5.97 Å². The van der Waals surface area contributed by atoms with E-state index in [0.717, 1.165) is 9.83 Å². The van der Waals surface area contributed by atoms with Gasteiger partial charge in [-0.2, -0.15) is 0 Å². The molecule has 0 atom stereocenters. The number of aromatic nitrogens is 2. The van der Waals surface area contributed by atoms with Gasteiger partial charge in [0.2, 0.25) is 10.0 Å². The summed E-state index contributed by atoms with van der Waals surface area (Å²) in [5.74, 6) is -1.02. The van der Waals surface area contributed by atoms with Gasteiger partial charge in [-0.3, -0.25) is 4.72 Å². The lowest BCUT2D eigenvalue weighted by molar-refractivity contribution is 0.0698. The highest BCUT2D eigenvalue weighted by atomic mass is 127. The Kier molecular flexibility index (Phi) is 4.96. The Morgan fingerprint density at radius 1 is 1.08 bits per heavy atom. The molecule has 0 aliphatic heterocycles. The summed E-state index contributed by atoms with van der Waals surface area (Å²) in [6.45, 7) is 0. The SMILES string of the molecule is CS(=O)(=O)Nc1nc2ccccc2nc1Nc1ccc(I)cc1C(=O)O. The zero-order chi connectivity index (χ0) is 18.9. The van der Waals surface area contributed by atoms with Crippen molar-refractivity contribution in [1.82, 2.24) is 9.97 Å². The predicted molar refractivity (Wildman–Crippen MR) is 107 cm³/mol. The maximum atomic E-state index is 11.7. The molecule has 3 aromatic rings. The van der Waals surface area contributed by atoms with Crippen molar-refractivity contribution in [3.63, 3.8) is 0 Å². The molecule has 2 aromatic carbocycles. The lowest BCUT2D eigenvalue weighted by atomic mass is 10.2. The Bertz CT molecular complexity index is 1120. The molecular formula is C16H13IN4O4S. The zero-order valence-corrected chi connectivity index (χ0v) is 16.4. The van der Waals surface area contributed by atoms with E-state index in [2.05, 4.69) is 20.0 Å². The number of carbonyl (C=O) groups is 1. The molecule has 26 heavy (non-hydrogen) atoms. The molecule has 3 rings (SSSR count). The highest BCUT2D eigenvalue weighted by Gasteiger charge is 2.16. The third-order valence-electron chi connectivity index (χ3n) is 3.32. The van der Waals surface area contributed by atoms with Crippen molar-refractivity contribution in [1.29, 1.82) is 0 Å². The number of carboxylic acids is 1. The van der Waals surface area contributed by atoms with Crippen LogP contribution in [0.2, 0.25) is 0 Å². The molecule has 0 aliphatic rings. The van der Waals surface area contributed by atoms with Crippen molar-refractivity contribution in [2.75, 3.05) is 16.3 Å². The summed E-state index contributed by atoms with van der Waals surface area (Å²) >= 11 is 2.01. The second-order valence-corrected chi connectivity index (χ2v) is 8.40. The van der Waals surface area contributed by atoms with Crippen LogP contribution in [0.3, 0.4) is 0 Å². The lowest BCUT2D eigenvalue weighted by Crippen LogP contribution is -2.14. The van der Waals surface area contributed by atoms with Gasteiger partial charge < -0.3 is 10.4 Å². The normalized spacial score (nSPS) is 11.3. The summed E-state index contributed by atoms with van der Waals surface area (Å²) in [4.78, 5) is 20.2. The first kappa shape index (κ1) is 18.3. The van der Waals surface area contributed by atoms with E-state index in [-0.39, 0.29) is 22.9 Å². The van der Waals surface area contributed by atoms with E-state index in [4.69, 9.17) is 0 Å². The molecule has 0 amide bonds. The van der Waals surface area contributed by atoms with Crippen molar-refractivity contribution < 1.29 is 18.3 Å². The van der Waals surface area contributed by atoms with Crippen molar-refractivity contribution >= 4 is 66.9 Å². The molecule has 1 heterocycles. The Morgan fingerprint density at radius 3 is 2.27 bits per heavy atom. The number of benzene rings is 2. The Labute approximate surface area is 162 Å². The number of nitrogens with one attached hydrogen (secondary N) is 2. The predicted octanol–water partition coefficient (Wildman–Crippen LogP) is 3.05. The standard InChI is InChI=1S/C16H13IN4O4S/c1-26(24,25)21-15-14(19-12-4-2-3-5-13(12)20-15)18-11-7-6-9(17)8-10(11)16(22)23/h2-8H,1H3,(H,18,19)(H,20,21)(H,22,23). The van der Waals surface area contributed by atoms with Crippen LogP contribution in [0.5, 0.6) is 0 Å². The maximum Gasteiger partial charge on any atom is 0.337 e. The summed E-state index contributed by atoms with van der Waals surface area (Å²) in [6, 6.07) is 11.8. The summed E-state index contributed by atoms with van der Waals surface area (Å²) in [7, 11) is -3.60. The van der Waals surface area contributed by atoms with Gasteiger partial charge in [0.1, 0.15) is 0 Å². The van der Waals surface area contributed by atoms with E-state index in [9.17, 15) is 18.3 Å². The third kappa shape index (κ3) is 4.19. The molecular weight excluding hydrogens is 471 g/mol. The molecule has 1 aromatic heterocycles. The van der Waals surface area contributed by atoms with E-state index in [0.29, 0.717) is 11.0 Å². The molecule has 134 valence electrons. The average Bonchev–Trinajstić information content (AvgIpc) is 2.55. The van der Waals surface area contributed by atoms with Crippen molar-refractivity contribution in [2.24, 2.45) is 0 Å². The van der Waals surface area contributed by atoms with Gasteiger partial charge in [-0.15, -0.1) is 0 Å². The summed E-state index contributed by atoms with van der Waals surface area (Å²) in [5, 5.41) is 12.3. The second-order valence-electron chi connectivity index (χ2n) is 5.40. The molecule has 0 aliphatic carbocycles. The summed E-state index contributed by atoms with van der Waals surface area (Å²) in [6.07, 6.45) is 1.00. The minimum Gasteiger partial charge on any atom is -0.478 e. The largest absolute Gasteiger partial charge is 0.478 e. The molecule has 0 radical (unpaired) electrons. The van der Waals surface area contributed by atoms with Gasteiger partial charge in [0.15, 0.2) is 11.6 Å². The zero-order valence-electron chi connectivity index (χ0n) is 13.4. The van der Waals surface area contributed by atoms with E-state index < -0.39 is 16.0 Å². The number of hydrogen-bond acceptors (Lipinski definition) is 6. The third-order valence-corrected chi connectivity index (χ3v) is 4.55. The maximum absolute atomic E-state index is 11.7. The van der Waals surface area contributed by atoms with Gasteiger partial charge in [0, 0.05) is 3.57 Å². The fourth-order valence-corrected chi connectivity index (χ4v) is 3.25. The van der Waals surface area contributed by atoms with Crippen LogP contribution in [0.15, 0.2) is 42.5 Å². The van der Waals surface area contributed by atoms with Crippen LogP contribution < -0.4 is 10.0 Å². The molecule has 0 fully saturated rings. The first-order valence-corrected chi connectivity index (χ1v) is 10.2. The molecule has 0 bridgehead atoms. The fourth-order valence-electron chi connectivity index (χ4n) is 2.26. The van der Waals surface area contributed by atoms with Crippen LogP contribution in [0.4, 0.5) is 17.3 Å². The fraction of sp³-hybridized carbons (Fsp3) is 0.0625. The second kappa shape index (κ2) is 7.03. The number of aromatic carboxylic acids is 1. The van der Waals surface area contributed by atoms with Crippen LogP contribution in [0.25, 0.3) is 11.0 Å².